The number of halogens is 1. The number of hydrogen-bond donors (Lipinski definition) is 1. The minimum atomic E-state index is -0.661. The van der Waals surface area contributed by atoms with Crippen molar-refractivity contribution >= 4 is 5.91 Å². The first kappa shape index (κ1) is 12.9. The lowest BCUT2D eigenvalue weighted by molar-refractivity contribution is 0.0581. The molecule has 1 fully saturated rings. The Balaban J connectivity index is 2.26. The average Bonchev–Trinajstić information content (AvgIpc) is 2.28. The average molecular weight is 251 g/mol. The van der Waals surface area contributed by atoms with Crippen LogP contribution in [0.25, 0.3) is 0 Å². The van der Waals surface area contributed by atoms with Gasteiger partial charge in [0.2, 0.25) is 0 Å². The van der Waals surface area contributed by atoms with Crippen molar-refractivity contribution in [2.75, 3.05) is 6.54 Å². The molecule has 1 aromatic rings. The van der Waals surface area contributed by atoms with Gasteiger partial charge in [-0.25, -0.2) is 4.39 Å². The number of amides is 1. The molecule has 1 aliphatic heterocycles. The lowest BCUT2D eigenvalue weighted by Gasteiger charge is -2.36. The number of hydrogen-bond acceptors (Lipinski definition) is 2. The van der Waals surface area contributed by atoms with Crippen molar-refractivity contribution in [3.63, 3.8) is 0 Å². The number of phenols is 1. The molecule has 1 aromatic carbocycles. The van der Waals surface area contributed by atoms with Crippen LogP contribution in [0.2, 0.25) is 0 Å². The monoisotopic (exact) mass is 251 g/mol. The summed E-state index contributed by atoms with van der Waals surface area (Å²) in [6, 6.07) is 4.02. The summed E-state index contributed by atoms with van der Waals surface area (Å²) >= 11 is 0. The number of piperidine rings is 1. The highest BCUT2D eigenvalue weighted by Gasteiger charge is 2.30. The van der Waals surface area contributed by atoms with Crippen LogP contribution in [0.15, 0.2) is 18.2 Å². The van der Waals surface area contributed by atoms with Crippen molar-refractivity contribution in [1.82, 2.24) is 4.90 Å². The number of benzene rings is 1. The van der Waals surface area contributed by atoms with E-state index in [0.29, 0.717) is 12.5 Å². The highest BCUT2D eigenvalue weighted by atomic mass is 19.1. The first-order valence-electron chi connectivity index (χ1n) is 6.29. The maximum absolute atomic E-state index is 13.7. The molecule has 0 radical (unpaired) electrons. The molecule has 2 rings (SSSR count). The Labute approximate surface area is 106 Å². The van der Waals surface area contributed by atoms with Crippen LogP contribution in [-0.4, -0.2) is 28.5 Å². The smallest absolute Gasteiger partial charge is 0.260 e. The van der Waals surface area contributed by atoms with Crippen molar-refractivity contribution in [2.24, 2.45) is 5.92 Å². The fourth-order valence-corrected chi connectivity index (χ4v) is 2.58. The van der Waals surface area contributed by atoms with E-state index in [4.69, 9.17) is 0 Å². The molecule has 4 heteroatoms. The van der Waals surface area contributed by atoms with Gasteiger partial charge in [-0.2, -0.15) is 0 Å². The highest BCUT2D eigenvalue weighted by molar-refractivity contribution is 5.97. The first-order chi connectivity index (χ1) is 8.50. The Bertz CT molecular complexity index is 441. The number of likely N-dealkylation sites (tertiary alicyclic amines) is 1. The fourth-order valence-electron chi connectivity index (χ4n) is 2.58. The number of carbonyl (C=O) groups is 1. The fraction of sp³-hybridized carbons (Fsp3) is 0.500. The van der Waals surface area contributed by atoms with Gasteiger partial charge in [-0.05, 0) is 37.8 Å². The van der Waals surface area contributed by atoms with Crippen LogP contribution < -0.4 is 0 Å². The van der Waals surface area contributed by atoms with E-state index in [0.717, 1.165) is 12.8 Å². The largest absolute Gasteiger partial charge is 0.507 e. The third-order valence-corrected chi connectivity index (χ3v) is 3.60. The predicted octanol–water partition coefficient (Wildman–Crippen LogP) is 2.79. The molecule has 0 bridgehead atoms. The van der Waals surface area contributed by atoms with E-state index < -0.39 is 11.7 Å². The van der Waals surface area contributed by atoms with Crippen molar-refractivity contribution in [3.05, 3.63) is 29.6 Å². The van der Waals surface area contributed by atoms with E-state index in [2.05, 4.69) is 6.92 Å². The van der Waals surface area contributed by atoms with E-state index in [1.54, 1.807) is 4.90 Å². The summed E-state index contributed by atoms with van der Waals surface area (Å²) in [6.45, 7) is 4.74. The van der Waals surface area contributed by atoms with Gasteiger partial charge in [0.05, 0.1) is 0 Å². The second-order valence-electron chi connectivity index (χ2n) is 5.11. The number of rotatable bonds is 1. The summed E-state index contributed by atoms with van der Waals surface area (Å²) in [6.07, 6.45) is 1.84. The molecule has 0 aromatic heterocycles. The third kappa shape index (κ3) is 2.33. The van der Waals surface area contributed by atoms with Gasteiger partial charge >= 0.3 is 0 Å². The van der Waals surface area contributed by atoms with Gasteiger partial charge in [-0.15, -0.1) is 0 Å². The summed E-state index contributed by atoms with van der Waals surface area (Å²) in [5.41, 5.74) is -0.209. The lowest BCUT2D eigenvalue weighted by Crippen LogP contribution is -2.44. The molecule has 1 heterocycles. The number of nitrogens with zero attached hydrogens (tertiary/aromatic N) is 1. The Kier molecular flexibility index (Phi) is 3.55. The van der Waals surface area contributed by atoms with E-state index in [9.17, 15) is 14.3 Å². The van der Waals surface area contributed by atoms with Crippen molar-refractivity contribution < 1.29 is 14.3 Å². The minimum absolute atomic E-state index is 0.0836. The Hall–Kier alpha value is -1.58. The second-order valence-corrected chi connectivity index (χ2v) is 5.11. The molecule has 1 saturated heterocycles. The number of carbonyl (C=O) groups excluding carboxylic acids is 1. The van der Waals surface area contributed by atoms with Crippen molar-refractivity contribution in [2.45, 2.75) is 32.7 Å². The molecule has 98 valence electrons. The van der Waals surface area contributed by atoms with Crippen LogP contribution in [0.5, 0.6) is 5.75 Å². The molecule has 0 aliphatic carbocycles. The van der Waals surface area contributed by atoms with Gasteiger partial charge in [0.25, 0.3) is 5.91 Å². The van der Waals surface area contributed by atoms with Gasteiger partial charge < -0.3 is 10.0 Å². The minimum Gasteiger partial charge on any atom is -0.507 e. The normalized spacial score (nSPS) is 24.1. The van der Waals surface area contributed by atoms with Crippen LogP contribution in [-0.2, 0) is 0 Å². The van der Waals surface area contributed by atoms with Crippen molar-refractivity contribution in [3.8, 4) is 5.75 Å². The van der Waals surface area contributed by atoms with Gasteiger partial charge in [0.1, 0.15) is 17.1 Å². The van der Waals surface area contributed by atoms with E-state index in [-0.39, 0.29) is 17.4 Å². The molecular weight excluding hydrogens is 233 g/mol. The van der Waals surface area contributed by atoms with Crippen LogP contribution in [0.4, 0.5) is 4.39 Å². The zero-order chi connectivity index (χ0) is 13.3. The van der Waals surface area contributed by atoms with Gasteiger partial charge in [0.15, 0.2) is 0 Å². The quantitative estimate of drug-likeness (QED) is 0.833. The van der Waals surface area contributed by atoms with E-state index in [1.807, 2.05) is 6.92 Å². The summed E-state index contributed by atoms with van der Waals surface area (Å²) in [5, 5.41) is 9.64. The molecule has 3 nitrogen and oxygen atoms in total. The molecule has 1 aliphatic rings. The molecule has 2 unspecified atom stereocenters. The summed E-state index contributed by atoms with van der Waals surface area (Å²) in [5.74, 6) is -0.778. The highest BCUT2D eigenvalue weighted by Crippen LogP contribution is 2.27. The SMILES string of the molecule is CC1CCN(C(=O)c2c(O)cccc2F)C(C)C1. The molecule has 1 amide bonds. The maximum atomic E-state index is 13.7. The van der Waals surface area contributed by atoms with Crippen LogP contribution in [0, 0.1) is 11.7 Å². The summed E-state index contributed by atoms with van der Waals surface area (Å²) in [7, 11) is 0. The number of phenolic OH excluding ortho intramolecular Hbond substituents is 1. The lowest BCUT2D eigenvalue weighted by atomic mass is 9.93. The third-order valence-electron chi connectivity index (χ3n) is 3.60. The van der Waals surface area contributed by atoms with E-state index >= 15 is 0 Å². The second kappa shape index (κ2) is 4.96. The van der Waals surface area contributed by atoms with Gasteiger partial charge in [0, 0.05) is 12.6 Å². The molecule has 2 atom stereocenters. The standard InChI is InChI=1S/C14H18FNO2/c1-9-6-7-16(10(2)8-9)14(18)13-11(15)4-3-5-12(13)17/h3-5,9-10,17H,6-8H2,1-2H3. The van der Waals surface area contributed by atoms with E-state index in [1.165, 1.54) is 18.2 Å². The van der Waals surface area contributed by atoms with Gasteiger partial charge in [-0.1, -0.05) is 13.0 Å². The van der Waals surface area contributed by atoms with Crippen LogP contribution in [0.3, 0.4) is 0 Å². The van der Waals surface area contributed by atoms with Crippen molar-refractivity contribution in [1.29, 1.82) is 0 Å². The van der Waals surface area contributed by atoms with Crippen LogP contribution >= 0.6 is 0 Å². The Morgan fingerprint density at radius 1 is 1.44 bits per heavy atom. The summed E-state index contributed by atoms with van der Waals surface area (Å²) in [4.78, 5) is 13.9. The van der Waals surface area contributed by atoms with Crippen LogP contribution in [0.1, 0.15) is 37.0 Å². The Morgan fingerprint density at radius 3 is 2.78 bits per heavy atom. The Morgan fingerprint density at radius 2 is 2.17 bits per heavy atom. The van der Waals surface area contributed by atoms with Gasteiger partial charge in [-0.3, -0.25) is 4.79 Å². The molecular formula is C14H18FNO2. The molecule has 0 spiro atoms. The summed E-state index contributed by atoms with van der Waals surface area (Å²) < 4.78 is 13.7. The molecule has 18 heavy (non-hydrogen) atoms. The maximum Gasteiger partial charge on any atom is 0.260 e. The topological polar surface area (TPSA) is 40.5 Å². The molecule has 0 saturated carbocycles. The number of aromatic hydroxyl groups is 1. The first-order valence-corrected chi connectivity index (χ1v) is 6.29. The molecule has 1 N–H and O–H groups in total. The predicted molar refractivity (Wildman–Crippen MR) is 67.0 cm³/mol. The zero-order valence-corrected chi connectivity index (χ0v) is 10.7. The zero-order valence-electron chi connectivity index (χ0n) is 10.7.